The number of carbonyl (C=O) groups is 3. The number of benzene rings is 3. The van der Waals surface area contributed by atoms with Crippen molar-refractivity contribution in [3.63, 3.8) is 0 Å². The number of amides is 3. The molecule has 4 aromatic rings. The largest absolute Gasteiger partial charge is 0.497 e. The molecule has 0 bridgehead atoms. The van der Waals surface area contributed by atoms with Crippen molar-refractivity contribution in [2.24, 2.45) is 0 Å². The summed E-state index contributed by atoms with van der Waals surface area (Å²) in [6.07, 6.45) is 4.77. The van der Waals surface area contributed by atoms with Crippen LogP contribution in [0.1, 0.15) is 21.5 Å². The highest BCUT2D eigenvalue weighted by Crippen LogP contribution is 2.21. The summed E-state index contributed by atoms with van der Waals surface area (Å²) < 4.78 is 5.17. The standard InChI is InChI=1S/C28H26N4O5/c1-37-22-13-11-21(12-14-22)30-28(35)25(16-20-17-29-24-5-3-2-4-23(20)24)31-27(34)19-9-6-18(7-10-19)8-15-26(33)32-36/h2-15,17,25,29,36H,16H2,1H3,(H,30,35)(H,31,34)(H,32,33)/b15-8+. The smallest absolute Gasteiger partial charge is 0.267 e. The van der Waals surface area contributed by atoms with Crippen molar-refractivity contribution in [1.82, 2.24) is 15.8 Å². The zero-order valence-electron chi connectivity index (χ0n) is 20.0. The second-order valence-corrected chi connectivity index (χ2v) is 8.24. The summed E-state index contributed by atoms with van der Waals surface area (Å²) in [5, 5.41) is 15.3. The molecule has 188 valence electrons. The van der Waals surface area contributed by atoms with Gasteiger partial charge in [-0.1, -0.05) is 30.3 Å². The molecule has 0 aliphatic carbocycles. The molecule has 3 aromatic carbocycles. The predicted octanol–water partition coefficient (Wildman–Crippen LogP) is 3.67. The Morgan fingerprint density at radius 1 is 1.00 bits per heavy atom. The number of anilines is 1. The van der Waals surface area contributed by atoms with Gasteiger partial charge in [-0.05, 0) is 59.7 Å². The number of rotatable bonds is 9. The zero-order chi connectivity index (χ0) is 26.2. The summed E-state index contributed by atoms with van der Waals surface area (Å²) in [6.45, 7) is 0. The van der Waals surface area contributed by atoms with Gasteiger partial charge in [-0.3, -0.25) is 19.6 Å². The molecule has 0 aliphatic rings. The molecule has 0 saturated carbocycles. The molecule has 37 heavy (non-hydrogen) atoms. The Kier molecular flexibility index (Phi) is 7.97. The second kappa shape index (κ2) is 11.7. The number of fused-ring (bicyclic) bond motifs is 1. The minimum absolute atomic E-state index is 0.273. The van der Waals surface area contributed by atoms with Gasteiger partial charge in [0.1, 0.15) is 11.8 Å². The number of para-hydroxylation sites is 1. The summed E-state index contributed by atoms with van der Waals surface area (Å²) in [4.78, 5) is 40.7. The molecule has 0 spiro atoms. The van der Waals surface area contributed by atoms with E-state index in [2.05, 4.69) is 15.6 Å². The van der Waals surface area contributed by atoms with Crippen molar-refractivity contribution in [1.29, 1.82) is 0 Å². The van der Waals surface area contributed by atoms with Gasteiger partial charge in [-0.2, -0.15) is 0 Å². The fourth-order valence-corrected chi connectivity index (χ4v) is 3.83. The molecule has 9 heteroatoms. The van der Waals surface area contributed by atoms with Gasteiger partial charge in [0, 0.05) is 40.8 Å². The fourth-order valence-electron chi connectivity index (χ4n) is 3.83. The zero-order valence-corrected chi connectivity index (χ0v) is 20.0. The summed E-state index contributed by atoms with van der Waals surface area (Å²) in [7, 11) is 1.56. The summed E-state index contributed by atoms with van der Waals surface area (Å²) in [6, 6.07) is 20.3. The van der Waals surface area contributed by atoms with Crippen molar-refractivity contribution in [3.8, 4) is 5.75 Å². The van der Waals surface area contributed by atoms with Gasteiger partial charge in [0.05, 0.1) is 7.11 Å². The topological polar surface area (TPSA) is 133 Å². The lowest BCUT2D eigenvalue weighted by atomic mass is 10.0. The molecule has 9 nitrogen and oxygen atoms in total. The van der Waals surface area contributed by atoms with Gasteiger partial charge >= 0.3 is 0 Å². The average molecular weight is 499 g/mol. The average Bonchev–Trinajstić information content (AvgIpc) is 3.34. The van der Waals surface area contributed by atoms with Gasteiger partial charge in [0.2, 0.25) is 5.91 Å². The van der Waals surface area contributed by atoms with Crippen LogP contribution in [-0.2, 0) is 16.0 Å². The van der Waals surface area contributed by atoms with Crippen LogP contribution >= 0.6 is 0 Å². The van der Waals surface area contributed by atoms with Crippen LogP contribution in [0.25, 0.3) is 17.0 Å². The van der Waals surface area contributed by atoms with Crippen molar-refractivity contribution in [3.05, 3.63) is 102 Å². The Balaban J connectivity index is 1.53. The Hall–Kier alpha value is -4.89. The van der Waals surface area contributed by atoms with E-state index in [1.165, 1.54) is 11.6 Å². The molecule has 1 unspecified atom stereocenters. The number of methoxy groups -OCH3 is 1. The van der Waals surface area contributed by atoms with Crippen LogP contribution in [0.5, 0.6) is 5.75 Å². The lowest BCUT2D eigenvalue weighted by Gasteiger charge is -2.19. The Labute approximate surface area is 213 Å². The van der Waals surface area contributed by atoms with Crippen molar-refractivity contribution in [2.75, 3.05) is 12.4 Å². The summed E-state index contributed by atoms with van der Waals surface area (Å²) in [5.74, 6) is -0.779. The number of H-pyrrole nitrogens is 1. The molecule has 1 heterocycles. The number of aromatic amines is 1. The van der Waals surface area contributed by atoms with Gasteiger partial charge in [-0.25, -0.2) is 5.48 Å². The lowest BCUT2D eigenvalue weighted by molar-refractivity contribution is -0.124. The fraction of sp³-hybridized carbons (Fsp3) is 0.107. The first kappa shape index (κ1) is 25.2. The monoisotopic (exact) mass is 498 g/mol. The number of hydroxylamine groups is 1. The molecule has 0 radical (unpaired) electrons. The molecule has 0 fully saturated rings. The van der Waals surface area contributed by atoms with Crippen molar-refractivity contribution < 1.29 is 24.3 Å². The molecule has 5 N–H and O–H groups in total. The second-order valence-electron chi connectivity index (χ2n) is 8.24. The SMILES string of the molecule is COc1ccc(NC(=O)C(Cc2c[nH]c3ccccc23)NC(=O)c2ccc(/C=C/C(=O)NO)cc2)cc1. The van der Waals surface area contributed by atoms with E-state index in [-0.39, 0.29) is 12.3 Å². The molecular formula is C28H26N4O5. The first-order chi connectivity index (χ1) is 18.0. The molecule has 3 amide bonds. The third-order valence-corrected chi connectivity index (χ3v) is 5.79. The normalized spacial score (nSPS) is 11.7. The van der Waals surface area contributed by atoms with Gasteiger partial charge in [-0.15, -0.1) is 0 Å². The van der Waals surface area contributed by atoms with Crippen LogP contribution in [0, 0.1) is 0 Å². The highest BCUT2D eigenvalue weighted by molar-refractivity contribution is 6.02. The maximum absolute atomic E-state index is 13.3. The molecule has 4 rings (SSSR count). The number of aromatic nitrogens is 1. The highest BCUT2D eigenvalue weighted by Gasteiger charge is 2.23. The number of carbonyl (C=O) groups excluding carboxylic acids is 3. The summed E-state index contributed by atoms with van der Waals surface area (Å²) >= 11 is 0. The Morgan fingerprint density at radius 3 is 2.43 bits per heavy atom. The van der Waals surface area contributed by atoms with Crippen LogP contribution in [0.2, 0.25) is 0 Å². The van der Waals surface area contributed by atoms with E-state index in [1.807, 2.05) is 30.5 Å². The van der Waals surface area contributed by atoms with E-state index >= 15 is 0 Å². The maximum atomic E-state index is 13.3. The number of hydrogen-bond donors (Lipinski definition) is 5. The molecule has 0 aliphatic heterocycles. The van der Waals surface area contributed by atoms with Crippen LogP contribution in [0.4, 0.5) is 5.69 Å². The third kappa shape index (κ3) is 6.41. The van der Waals surface area contributed by atoms with E-state index in [0.29, 0.717) is 22.6 Å². The van der Waals surface area contributed by atoms with Crippen molar-refractivity contribution in [2.45, 2.75) is 12.5 Å². The van der Waals surface area contributed by atoms with E-state index in [1.54, 1.807) is 55.6 Å². The predicted molar refractivity (Wildman–Crippen MR) is 140 cm³/mol. The first-order valence-electron chi connectivity index (χ1n) is 11.5. The molecule has 1 atom stereocenters. The quantitative estimate of drug-likeness (QED) is 0.136. The van der Waals surface area contributed by atoms with Gasteiger partial charge < -0.3 is 20.4 Å². The van der Waals surface area contributed by atoms with Crippen LogP contribution in [0.15, 0.2) is 85.1 Å². The highest BCUT2D eigenvalue weighted by atomic mass is 16.5. The minimum Gasteiger partial charge on any atom is -0.497 e. The van der Waals surface area contributed by atoms with Gasteiger partial charge in [0.25, 0.3) is 11.8 Å². The number of hydrogen-bond acceptors (Lipinski definition) is 5. The summed E-state index contributed by atoms with van der Waals surface area (Å²) in [5.41, 5.74) is 4.94. The van der Waals surface area contributed by atoms with Crippen LogP contribution in [-0.4, -0.2) is 41.1 Å². The van der Waals surface area contributed by atoms with E-state index in [9.17, 15) is 14.4 Å². The van der Waals surface area contributed by atoms with E-state index in [0.717, 1.165) is 22.5 Å². The minimum atomic E-state index is -0.860. The third-order valence-electron chi connectivity index (χ3n) is 5.79. The Morgan fingerprint density at radius 2 is 1.73 bits per heavy atom. The van der Waals surface area contributed by atoms with Crippen LogP contribution in [0.3, 0.4) is 0 Å². The maximum Gasteiger partial charge on any atom is 0.267 e. The van der Waals surface area contributed by atoms with E-state index in [4.69, 9.17) is 9.94 Å². The Bertz CT molecular complexity index is 1430. The number of nitrogens with one attached hydrogen (secondary N) is 4. The molecule has 1 aromatic heterocycles. The van der Waals surface area contributed by atoms with E-state index < -0.39 is 17.9 Å². The van der Waals surface area contributed by atoms with Gasteiger partial charge in [0.15, 0.2) is 0 Å². The van der Waals surface area contributed by atoms with Crippen molar-refractivity contribution >= 4 is 40.4 Å². The lowest BCUT2D eigenvalue weighted by Crippen LogP contribution is -2.45. The number of ether oxygens (including phenoxy) is 1. The molecule has 0 saturated heterocycles. The van der Waals surface area contributed by atoms with Crippen LogP contribution < -0.4 is 20.9 Å². The molecular weight excluding hydrogens is 472 g/mol. The first-order valence-corrected chi connectivity index (χ1v) is 11.5.